The van der Waals surface area contributed by atoms with Crippen molar-refractivity contribution in [2.24, 2.45) is 5.73 Å². The molecule has 1 heterocycles. The Kier molecular flexibility index (Phi) is 3.46. The minimum absolute atomic E-state index is 0.0473. The van der Waals surface area contributed by atoms with E-state index in [1.807, 2.05) is 0 Å². The fourth-order valence-corrected chi connectivity index (χ4v) is 1.23. The summed E-state index contributed by atoms with van der Waals surface area (Å²) in [6, 6.07) is 0.152. The predicted molar refractivity (Wildman–Crippen MR) is 42.4 cm³/mol. The zero-order chi connectivity index (χ0) is 8.97. The normalized spacial score (nSPS) is 29.1. The average molecular weight is 174 g/mol. The maximum absolute atomic E-state index is 10.3. The minimum Gasteiger partial charge on any atom is -0.392 e. The molecule has 5 nitrogen and oxygen atoms in total. The number of hydrogen-bond donors (Lipinski definition) is 3. The van der Waals surface area contributed by atoms with Gasteiger partial charge in [-0.05, 0) is 6.42 Å². The van der Waals surface area contributed by atoms with Gasteiger partial charge in [0.2, 0.25) is 5.91 Å². The first-order valence-electron chi connectivity index (χ1n) is 3.96. The number of ether oxygens (including phenoxy) is 1. The number of aliphatic hydroxyl groups is 1. The number of amides is 1. The summed E-state index contributed by atoms with van der Waals surface area (Å²) >= 11 is 0. The van der Waals surface area contributed by atoms with E-state index in [0.717, 1.165) is 0 Å². The van der Waals surface area contributed by atoms with Crippen LogP contribution < -0.4 is 11.1 Å². The summed E-state index contributed by atoms with van der Waals surface area (Å²) in [5.41, 5.74) is 4.87. The quantitative estimate of drug-likeness (QED) is 0.470. The zero-order valence-electron chi connectivity index (χ0n) is 6.82. The van der Waals surface area contributed by atoms with Gasteiger partial charge in [0.15, 0.2) is 0 Å². The van der Waals surface area contributed by atoms with Crippen LogP contribution in [0, 0.1) is 0 Å². The lowest BCUT2D eigenvalue weighted by atomic mass is 10.2. The summed E-state index contributed by atoms with van der Waals surface area (Å²) in [6.07, 6.45) is 0.394. The molecule has 0 saturated carbocycles. The number of carbonyl (C=O) groups is 1. The number of aliphatic hydroxyl groups excluding tert-OH is 1. The van der Waals surface area contributed by atoms with Crippen LogP contribution >= 0.6 is 0 Å². The lowest BCUT2D eigenvalue weighted by molar-refractivity contribution is -0.122. The van der Waals surface area contributed by atoms with Gasteiger partial charge in [0.1, 0.15) is 6.61 Å². The molecule has 1 fully saturated rings. The van der Waals surface area contributed by atoms with Crippen LogP contribution in [0.5, 0.6) is 0 Å². The van der Waals surface area contributed by atoms with Crippen LogP contribution in [-0.2, 0) is 9.53 Å². The molecule has 1 amide bonds. The second-order valence-corrected chi connectivity index (χ2v) is 2.98. The van der Waals surface area contributed by atoms with Crippen molar-refractivity contribution in [1.29, 1.82) is 0 Å². The van der Waals surface area contributed by atoms with E-state index < -0.39 is 5.91 Å². The van der Waals surface area contributed by atoms with Crippen molar-refractivity contribution in [3.8, 4) is 0 Å². The molecule has 0 spiro atoms. The van der Waals surface area contributed by atoms with Gasteiger partial charge in [-0.3, -0.25) is 4.79 Å². The van der Waals surface area contributed by atoms with Crippen molar-refractivity contribution in [2.75, 3.05) is 19.8 Å². The van der Waals surface area contributed by atoms with Crippen LogP contribution in [-0.4, -0.2) is 42.9 Å². The third kappa shape index (κ3) is 3.17. The fraction of sp³-hybridized carbons (Fsp3) is 0.857. The topological polar surface area (TPSA) is 84.6 Å². The summed E-state index contributed by atoms with van der Waals surface area (Å²) in [7, 11) is 0. The Morgan fingerprint density at radius 1 is 1.75 bits per heavy atom. The number of hydrogen-bond acceptors (Lipinski definition) is 4. The van der Waals surface area contributed by atoms with Gasteiger partial charge in [-0.25, -0.2) is 0 Å². The number of rotatable bonds is 4. The highest BCUT2D eigenvalue weighted by molar-refractivity contribution is 5.74. The van der Waals surface area contributed by atoms with Gasteiger partial charge >= 0.3 is 0 Å². The molecule has 70 valence electrons. The molecule has 0 radical (unpaired) electrons. The smallest absolute Gasteiger partial charge is 0.243 e. The van der Waals surface area contributed by atoms with Gasteiger partial charge in [0.25, 0.3) is 0 Å². The van der Waals surface area contributed by atoms with Crippen molar-refractivity contribution in [3.63, 3.8) is 0 Å². The SMILES string of the molecule is NC(=O)COC[C@@H]1C[C@@H](O)CN1. The highest BCUT2D eigenvalue weighted by Gasteiger charge is 2.21. The summed E-state index contributed by atoms with van der Waals surface area (Å²) in [5, 5.41) is 12.2. The van der Waals surface area contributed by atoms with Crippen LogP contribution in [0.25, 0.3) is 0 Å². The van der Waals surface area contributed by atoms with Crippen LogP contribution in [0.3, 0.4) is 0 Å². The van der Waals surface area contributed by atoms with Crippen molar-refractivity contribution >= 4 is 5.91 Å². The summed E-state index contributed by atoms with van der Waals surface area (Å²) < 4.78 is 4.98. The van der Waals surface area contributed by atoms with Gasteiger partial charge in [-0.15, -0.1) is 0 Å². The van der Waals surface area contributed by atoms with E-state index in [4.69, 9.17) is 15.6 Å². The monoisotopic (exact) mass is 174 g/mol. The number of nitrogens with two attached hydrogens (primary N) is 1. The minimum atomic E-state index is -0.464. The van der Waals surface area contributed by atoms with Crippen LogP contribution in [0.15, 0.2) is 0 Å². The van der Waals surface area contributed by atoms with Crippen molar-refractivity contribution < 1.29 is 14.6 Å². The largest absolute Gasteiger partial charge is 0.392 e. The number of carbonyl (C=O) groups excluding carboxylic acids is 1. The standard InChI is InChI=1S/C7H14N2O3/c8-7(11)4-12-3-5-1-6(10)2-9-5/h5-6,9-10H,1-4H2,(H2,8,11)/t5-,6+/m0/s1. The molecule has 1 aliphatic heterocycles. The average Bonchev–Trinajstić information content (AvgIpc) is 2.35. The molecule has 0 aromatic heterocycles. The van der Waals surface area contributed by atoms with E-state index in [9.17, 15) is 4.79 Å². The highest BCUT2D eigenvalue weighted by atomic mass is 16.5. The number of nitrogens with one attached hydrogen (secondary N) is 1. The van der Waals surface area contributed by atoms with Crippen molar-refractivity contribution in [2.45, 2.75) is 18.6 Å². The molecule has 1 aliphatic rings. The van der Waals surface area contributed by atoms with E-state index >= 15 is 0 Å². The second-order valence-electron chi connectivity index (χ2n) is 2.98. The molecule has 1 rings (SSSR count). The molecule has 0 aromatic rings. The van der Waals surface area contributed by atoms with Crippen molar-refractivity contribution in [3.05, 3.63) is 0 Å². The Hall–Kier alpha value is -0.650. The highest BCUT2D eigenvalue weighted by Crippen LogP contribution is 2.05. The maximum atomic E-state index is 10.3. The lowest BCUT2D eigenvalue weighted by Crippen LogP contribution is -2.29. The third-order valence-electron chi connectivity index (χ3n) is 1.76. The molecule has 0 bridgehead atoms. The second kappa shape index (κ2) is 4.39. The Morgan fingerprint density at radius 2 is 2.50 bits per heavy atom. The molecule has 0 aromatic carbocycles. The number of primary amides is 1. The summed E-state index contributed by atoms with van der Waals surface area (Å²) in [4.78, 5) is 10.3. The molecule has 0 aliphatic carbocycles. The van der Waals surface area contributed by atoms with E-state index in [1.54, 1.807) is 0 Å². The Morgan fingerprint density at radius 3 is 3.00 bits per heavy atom. The van der Waals surface area contributed by atoms with Crippen LogP contribution in [0.2, 0.25) is 0 Å². The van der Waals surface area contributed by atoms with E-state index in [0.29, 0.717) is 19.6 Å². The molecular formula is C7H14N2O3. The Bertz CT molecular complexity index is 163. The van der Waals surface area contributed by atoms with Gasteiger partial charge in [-0.2, -0.15) is 0 Å². The molecule has 5 heteroatoms. The molecule has 2 atom stereocenters. The zero-order valence-corrected chi connectivity index (χ0v) is 6.82. The van der Waals surface area contributed by atoms with Gasteiger partial charge in [0.05, 0.1) is 12.7 Å². The first-order chi connectivity index (χ1) is 5.68. The van der Waals surface area contributed by atoms with Gasteiger partial charge in [0, 0.05) is 12.6 Å². The predicted octanol–water partition coefficient (Wildman–Crippen LogP) is -1.79. The Labute approximate surface area is 70.9 Å². The van der Waals surface area contributed by atoms with E-state index in [1.165, 1.54) is 0 Å². The first-order valence-corrected chi connectivity index (χ1v) is 3.96. The lowest BCUT2D eigenvalue weighted by Gasteiger charge is -2.08. The molecule has 4 N–H and O–H groups in total. The first kappa shape index (κ1) is 9.44. The molecule has 0 unspecified atom stereocenters. The summed E-state index contributed by atoms with van der Waals surface area (Å²) in [5.74, 6) is -0.464. The molecule has 12 heavy (non-hydrogen) atoms. The Balaban J connectivity index is 2.04. The number of β-amino-alcohol motifs (C(OH)–C–C–N with tert-alkyl or cyclic N) is 1. The van der Waals surface area contributed by atoms with Crippen LogP contribution in [0.4, 0.5) is 0 Å². The molecule has 1 saturated heterocycles. The molecular weight excluding hydrogens is 160 g/mol. The van der Waals surface area contributed by atoms with Crippen LogP contribution in [0.1, 0.15) is 6.42 Å². The van der Waals surface area contributed by atoms with E-state index in [-0.39, 0.29) is 18.8 Å². The van der Waals surface area contributed by atoms with Gasteiger partial charge < -0.3 is 20.9 Å². The summed E-state index contributed by atoms with van der Waals surface area (Å²) in [6.45, 7) is 0.985. The third-order valence-corrected chi connectivity index (χ3v) is 1.76. The van der Waals surface area contributed by atoms with Crippen molar-refractivity contribution in [1.82, 2.24) is 5.32 Å². The van der Waals surface area contributed by atoms with Gasteiger partial charge in [-0.1, -0.05) is 0 Å². The maximum Gasteiger partial charge on any atom is 0.243 e. The fourth-order valence-electron chi connectivity index (χ4n) is 1.23. The van der Waals surface area contributed by atoms with E-state index in [2.05, 4.69) is 5.32 Å².